The number of allylic oxidation sites excluding steroid dienone is 1. The molecule has 1 fully saturated rings. The maximum Gasteiger partial charge on any atom is 0.227 e. The quantitative estimate of drug-likeness (QED) is 0.571. The first-order chi connectivity index (χ1) is 20.0. The lowest BCUT2D eigenvalue weighted by molar-refractivity contribution is 0.0147. The molecule has 0 saturated carbocycles. The number of amidine groups is 1. The number of rotatable bonds is 3. The van der Waals surface area contributed by atoms with E-state index in [1.807, 2.05) is 18.3 Å². The van der Waals surface area contributed by atoms with Crippen molar-refractivity contribution < 1.29 is 4.74 Å². The number of aromatic nitrogens is 2. The Balaban J connectivity index is 1.39. The maximum atomic E-state index is 9.02. The molecule has 216 valence electrons. The predicted octanol–water partition coefficient (Wildman–Crippen LogP) is 3.56. The van der Waals surface area contributed by atoms with Gasteiger partial charge in [0.15, 0.2) is 0 Å². The molecule has 0 amide bonds. The fourth-order valence-electron chi connectivity index (χ4n) is 5.64. The van der Waals surface area contributed by atoms with Crippen molar-refractivity contribution in [2.24, 2.45) is 4.99 Å². The Hall–Kier alpha value is -3.78. The second kappa shape index (κ2) is 13.7. The molecule has 8 bridgehead atoms. The Morgan fingerprint density at radius 1 is 1.10 bits per heavy atom. The van der Waals surface area contributed by atoms with Crippen molar-refractivity contribution in [1.29, 1.82) is 5.26 Å². The van der Waals surface area contributed by atoms with Crippen molar-refractivity contribution in [3.63, 3.8) is 0 Å². The van der Waals surface area contributed by atoms with E-state index in [1.54, 1.807) is 6.20 Å². The van der Waals surface area contributed by atoms with Crippen molar-refractivity contribution in [2.75, 3.05) is 71.9 Å². The Labute approximate surface area is 243 Å². The van der Waals surface area contributed by atoms with Crippen molar-refractivity contribution >= 4 is 23.0 Å². The molecule has 1 aromatic heterocycles. The molecule has 0 aliphatic carbocycles. The zero-order chi connectivity index (χ0) is 28.6. The number of aliphatic imine (C=N–C) groups is 1. The SMILES string of the molecule is C=C1CN2CCN(Cc3cccc(c3)Nc3nccc(n3)C3=CN=C(CC3)N(C)CCCN1C)C(COCC#N)C2. The van der Waals surface area contributed by atoms with Crippen LogP contribution < -0.4 is 5.32 Å². The Morgan fingerprint density at radius 2 is 1.98 bits per heavy atom. The number of nitrogens with zero attached hydrogens (tertiary/aromatic N) is 8. The van der Waals surface area contributed by atoms with Gasteiger partial charge in [0.05, 0.1) is 18.4 Å². The van der Waals surface area contributed by atoms with Gasteiger partial charge >= 0.3 is 0 Å². The molecule has 2 aromatic rings. The maximum absolute atomic E-state index is 9.02. The molecule has 3 unspecified atom stereocenters. The smallest absolute Gasteiger partial charge is 0.227 e. The van der Waals surface area contributed by atoms with E-state index in [9.17, 15) is 0 Å². The summed E-state index contributed by atoms with van der Waals surface area (Å²) < 4.78 is 5.72. The molecule has 1 aromatic carbocycles. The zero-order valence-electron chi connectivity index (χ0n) is 24.3. The minimum atomic E-state index is 0.107. The van der Waals surface area contributed by atoms with Crippen molar-refractivity contribution in [3.8, 4) is 6.07 Å². The molecule has 7 heterocycles. The number of anilines is 2. The topological polar surface area (TPSA) is 96.2 Å². The molecule has 6 aliphatic rings. The average Bonchev–Trinajstić information content (AvgIpc) is 2.98. The van der Waals surface area contributed by atoms with Crippen LogP contribution >= 0.6 is 0 Å². The molecular weight excluding hydrogens is 514 g/mol. The predicted molar refractivity (Wildman–Crippen MR) is 162 cm³/mol. The average molecular weight is 556 g/mol. The van der Waals surface area contributed by atoms with Gasteiger partial charge in [-0.25, -0.2) is 15.0 Å². The van der Waals surface area contributed by atoms with Crippen LogP contribution in [0.15, 0.2) is 60.0 Å². The van der Waals surface area contributed by atoms with Crippen molar-refractivity contribution in [1.82, 2.24) is 29.6 Å². The minimum absolute atomic E-state index is 0.107. The third kappa shape index (κ3) is 7.70. The normalized spacial score (nSPS) is 23.8. The molecule has 6 aliphatic heterocycles. The highest BCUT2D eigenvalue weighted by Gasteiger charge is 2.28. The molecule has 10 nitrogen and oxygen atoms in total. The first kappa shape index (κ1) is 28.7. The van der Waals surface area contributed by atoms with Crippen LogP contribution in [-0.2, 0) is 11.3 Å². The molecule has 1 N–H and O–H groups in total. The number of hydrogen-bond acceptors (Lipinski definition) is 10. The summed E-state index contributed by atoms with van der Waals surface area (Å²) in [5.74, 6) is 1.69. The highest BCUT2D eigenvalue weighted by atomic mass is 16.5. The molecule has 3 atom stereocenters. The molecule has 41 heavy (non-hydrogen) atoms. The van der Waals surface area contributed by atoms with Crippen LogP contribution in [0.5, 0.6) is 0 Å². The second-order valence-corrected chi connectivity index (χ2v) is 11.1. The van der Waals surface area contributed by atoms with Crippen LogP contribution in [0.3, 0.4) is 0 Å². The van der Waals surface area contributed by atoms with Gasteiger partial charge < -0.3 is 19.9 Å². The zero-order valence-corrected chi connectivity index (χ0v) is 24.3. The summed E-state index contributed by atoms with van der Waals surface area (Å²) in [7, 11) is 4.26. The highest BCUT2D eigenvalue weighted by molar-refractivity contribution is 5.87. The van der Waals surface area contributed by atoms with Gasteiger partial charge in [-0.1, -0.05) is 18.7 Å². The van der Waals surface area contributed by atoms with Crippen LogP contribution in [0.1, 0.15) is 30.5 Å². The van der Waals surface area contributed by atoms with E-state index in [0.717, 1.165) is 93.6 Å². The monoisotopic (exact) mass is 555 g/mol. The van der Waals surface area contributed by atoms with Gasteiger partial charge in [0.2, 0.25) is 5.95 Å². The summed E-state index contributed by atoms with van der Waals surface area (Å²) in [6.07, 6.45) is 6.58. The van der Waals surface area contributed by atoms with Gasteiger partial charge in [-0.15, -0.1) is 0 Å². The molecule has 1 saturated heterocycles. The van der Waals surface area contributed by atoms with E-state index in [4.69, 9.17) is 20.0 Å². The largest absolute Gasteiger partial charge is 0.377 e. The van der Waals surface area contributed by atoms with E-state index in [2.05, 4.69) is 74.8 Å². The van der Waals surface area contributed by atoms with Gasteiger partial charge in [0, 0.05) is 96.2 Å². The van der Waals surface area contributed by atoms with E-state index in [-0.39, 0.29) is 12.6 Å². The van der Waals surface area contributed by atoms with Gasteiger partial charge in [-0.05, 0) is 42.2 Å². The number of hydrogen-bond donors (Lipinski definition) is 1. The van der Waals surface area contributed by atoms with E-state index >= 15 is 0 Å². The summed E-state index contributed by atoms with van der Waals surface area (Å²) in [5, 5.41) is 12.4. The van der Waals surface area contributed by atoms with Gasteiger partial charge in [-0.2, -0.15) is 5.26 Å². The van der Waals surface area contributed by atoms with Gasteiger partial charge in [0.25, 0.3) is 0 Å². The third-order valence-electron chi connectivity index (χ3n) is 8.08. The summed E-state index contributed by atoms with van der Waals surface area (Å²) in [4.78, 5) is 23.5. The number of nitriles is 1. The van der Waals surface area contributed by atoms with Crippen molar-refractivity contribution in [3.05, 3.63) is 66.3 Å². The van der Waals surface area contributed by atoms with Crippen LogP contribution in [0.4, 0.5) is 11.6 Å². The first-order valence-corrected chi connectivity index (χ1v) is 14.4. The van der Waals surface area contributed by atoms with Crippen LogP contribution in [0.25, 0.3) is 5.57 Å². The summed E-state index contributed by atoms with van der Waals surface area (Å²) in [6.45, 7) is 11.3. The van der Waals surface area contributed by atoms with E-state index in [0.29, 0.717) is 12.6 Å². The lowest BCUT2D eigenvalue weighted by atomic mass is 10.0. The lowest BCUT2D eigenvalue weighted by Crippen LogP contribution is -2.55. The van der Waals surface area contributed by atoms with E-state index in [1.165, 1.54) is 5.56 Å². The standard InChI is InChI=1S/C31H41N9O/c1-24-20-39-15-16-40(28(22-39)23-41-17-11-32)21-25-6-4-7-27(18-25)35-31-33-12-10-29(36-31)26-8-9-30(34-19-26)38(3)14-5-13-37(24)2/h4,6-7,10,12,18-19,28H,1,5,8-9,13-17,20-23H2,2-3H3,(H,33,35,36). The first-order valence-electron chi connectivity index (χ1n) is 14.4. The Bertz CT molecular complexity index is 1320. The summed E-state index contributed by atoms with van der Waals surface area (Å²) in [6, 6.07) is 12.7. The van der Waals surface area contributed by atoms with Gasteiger partial charge in [-0.3, -0.25) is 9.80 Å². The third-order valence-corrected chi connectivity index (χ3v) is 8.08. The van der Waals surface area contributed by atoms with Crippen LogP contribution in [0, 0.1) is 11.3 Å². The number of likely N-dealkylation sites (N-methyl/N-ethyl adjacent to an activating group) is 1. The van der Waals surface area contributed by atoms with Crippen LogP contribution in [0.2, 0.25) is 0 Å². The van der Waals surface area contributed by atoms with Crippen LogP contribution in [-0.4, -0.2) is 108 Å². The lowest BCUT2D eigenvalue weighted by Gasteiger charge is -2.42. The fraction of sp³-hybridized carbons (Fsp3) is 0.484. The fourth-order valence-corrected chi connectivity index (χ4v) is 5.64. The number of nitrogens with one attached hydrogen (secondary N) is 1. The summed E-state index contributed by atoms with van der Waals surface area (Å²) >= 11 is 0. The molecular formula is C31H41N9O. The molecule has 0 radical (unpaired) electrons. The van der Waals surface area contributed by atoms with Gasteiger partial charge in [0.1, 0.15) is 12.4 Å². The molecule has 8 rings (SSSR count). The minimum Gasteiger partial charge on any atom is -0.377 e. The Kier molecular flexibility index (Phi) is 9.62. The number of benzene rings is 1. The Morgan fingerprint density at radius 3 is 2.80 bits per heavy atom. The summed E-state index contributed by atoms with van der Waals surface area (Å²) in [5.41, 5.74) is 5.31. The number of piperazine rings is 1. The molecule has 0 spiro atoms. The number of ether oxygens (including phenoxy) is 1. The van der Waals surface area contributed by atoms with Crippen molar-refractivity contribution in [2.45, 2.75) is 31.8 Å². The molecule has 10 heteroatoms. The van der Waals surface area contributed by atoms with E-state index < -0.39 is 0 Å². The highest BCUT2D eigenvalue weighted by Crippen LogP contribution is 2.25. The second-order valence-electron chi connectivity index (χ2n) is 11.1.